The molecule has 1 atom stereocenters. The highest BCUT2D eigenvalue weighted by Crippen LogP contribution is 2.36. The maximum absolute atomic E-state index is 5.02. The summed E-state index contributed by atoms with van der Waals surface area (Å²) in [7, 11) is 2.23. The number of hydrogen-bond donors (Lipinski definition) is 0. The molecular formula is C18H26N4. The average Bonchev–Trinajstić information content (AvgIpc) is 2.95. The summed E-state index contributed by atoms with van der Waals surface area (Å²) in [6.07, 6.45) is 11.1. The van der Waals surface area contributed by atoms with Gasteiger partial charge in [0.25, 0.3) is 0 Å². The number of nitrogens with zero attached hydrogens (tertiary/aromatic N) is 4. The Morgan fingerprint density at radius 1 is 1.09 bits per heavy atom. The summed E-state index contributed by atoms with van der Waals surface area (Å²) < 4.78 is 2.51. The van der Waals surface area contributed by atoms with E-state index < -0.39 is 0 Å². The molecule has 4 nitrogen and oxygen atoms in total. The smallest absolute Gasteiger partial charge is 0.160 e. The molecule has 1 unspecified atom stereocenters. The van der Waals surface area contributed by atoms with Gasteiger partial charge in [0.05, 0.1) is 0 Å². The molecule has 1 aliphatic carbocycles. The minimum atomic E-state index is 0.565. The first-order valence-corrected chi connectivity index (χ1v) is 8.84. The summed E-state index contributed by atoms with van der Waals surface area (Å²) >= 11 is 0. The molecular weight excluding hydrogens is 272 g/mol. The summed E-state index contributed by atoms with van der Waals surface area (Å²) in [5.41, 5.74) is 2.19. The summed E-state index contributed by atoms with van der Waals surface area (Å²) in [4.78, 5) is 12.1. The van der Waals surface area contributed by atoms with Gasteiger partial charge in [0.1, 0.15) is 11.3 Å². The van der Waals surface area contributed by atoms with Crippen LogP contribution in [0, 0.1) is 0 Å². The summed E-state index contributed by atoms with van der Waals surface area (Å²) in [5, 5.41) is 0. The lowest BCUT2D eigenvalue weighted by atomic mass is 9.93. The van der Waals surface area contributed by atoms with Crippen LogP contribution < -0.4 is 0 Å². The first kappa shape index (κ1) is 14.2. The lowest BCUT2D eigenvalue weighted by Gasteiger charge is -2.32. The van der Waals surface area contributed by atoms with Gasteiger partial charge in [-0.3, -0.25) is 0 Å². The third-order valence-electron chi connectivity index (χ3n) is 5.41. The fraction of sp³-hybridized carbons (Fsp3) is 0.667. The van der Waals surface area contributed by atoms with Crippen molar-refractivity contribution in [2.75, 3.05) is 20.1 Å². The molecule has 0 amide bonds. The van der Waals surface area contributed by atoms with E-state index >= 15 is 0 Å². The van der Waals surface area contributed by atoms with Gasteiger partial charge >= 0.3 is 0 Å². The molecule has 1 saturated carbocycles. The van der Waals surface area contributed by atoms with Gasteiger partial charge in [0.2, 0.25) is 0 Å². The van der Waals surface area contributed by atoms with Gasteiger partial charge in [-0.25, -0.2) is 9.97 Å². The predicted octanol–water partition coefficient (Wildman–Crippen LogP) is 3.75. The van der Waals surface area contributed by atoms with E-state index in [0.29, 0.717) is 12.0 Å². The van der Waals surface area contributed by atoms with Crippen molar-refractivity contribution in [3.63, 3.8) is 0 Å². The molecule has 0 bridgehead atoms. The van der Waals surface area contributed by atoms with E-state index in [0.717, 1.165) is 17.7 Å². The predicted molar refractivity (Wildman–Crippen MR) is 89.1 cm³/mol. The molecule has 4 heteroatoms. The van der Waals surface area contributed by atoms with Gasteiger partial charge in [-0.15, -0.1) is 0 Å². The zero-order valence-electron chi connectivity index (χ0n) is 13.5. The van der Waals surface area contributed by atoms with E-state index in [2.05, 4.69) is 27.6 Å². The molecule has 2 fully saturated rings. The number of likely N-dealkylation sites (tertiary alicyclic amines) is 1. The molecule has 2 aliphatic rings. The number of hydrogen-bond acceptors (Lipinski definition) is 3. The van der Waals surface area contributed by atoms with Crippen LogP contribution in [0.5, 0.6) is 0 Å². The van der Waals surface area contributed by atoms with Crippen molar-refractivity contribution in [2.24, 2.45) is 0 Å². The van der Waals surface area contributed by atoms with E-state index in [4.69, 9.17) is 4.98 Å². The molecule has 0 radical (unpaired) electrons. The number of likely N-dealkylation sites (N-methyl/N-ethyl adjacent to an activating group) is 1. The van der Waals surface area contributed by atoms with Crippen LogP contribution in [-0.4, -0.2) is 39.6 Å². The normalized spacial score (nSPS) is 24.9. The molecule has 22 heavy (non-hydrogen) atoms. The number of rotatable bonds is 2. The van der Waals surface area contributed by atoms with E-state index in [9.17, 15) is 0 Å². The van der Waals surface area contributed by atoms with Gasteiger partial charge in [-0.05, 0) is 51.4 Å². The number of imidazole rings is 1. The molecule has 1 aliphatic heterocycles. The van der Waals surface area contributed by atoms with Crippen LogP contribution in [0.2, 0.25) is 0 Å². The second-order valence-electron chi connectivity index (χ2n) is 7.08. The standard InChI is InChI=1S/C18H26N4/c1-21-12-6-7-14(13-21)17-20-16-10-5-11-19-18(16)22(17)15-8-3-2-4-9-15/h5,10-11,14-15H,2-4,6-9,12-13H2,1H3. The van der Waals surface area contributed by atoms with E-state index in [1.165, 1.54) is 57.3 Å². The fourth-order valence-electron chi connectivity index (χ4n) is 4.31. The first-order chi connectivity index (χ1) is 10.8. The molecule has 3 heterocycles. The third kappa shape index (κ3) is 2.54. The quantitative estimate of drug-likeness (QED) is 0.847. The van der Waals surface area contributed by atoms with Crippen molar-refractivity contribution in [1.29, 1.82) is 0 Å². The Labute approximate surface area is 132 Å². The molecule has 4 rings (SSSR count). The highest BCUT2D eigenvalue weighted by molar-refractivity contribution is 5.71. The maximum atomic E-state index is 5.02. The van der Waals surface area contributed by atoms with Crippen molar-refractivity contribution >= 4 is 11.2 Å². The Kier molecular flexibility index (Phi) is 3.87. The van der Waals surface area contributed by atoms with E-state index in [1.54, 1.807) is 0 Å². The maximum Gasteiger partial charge on any atom is 0.160 e. The topological polar surface area (TPSA) is 34.0 Å². The van der Waals surface area contributed by atoms with Crippen LogP contribution in [0.4, 0.5) is 0 Å². The molecule has 2 aromatic rings. The zero-order valence-corrected chi connectivity index (χ0v) is 13.5. The van der Waals surface area contributed by atoms with Crippen LogP contribution >= 0.6 is 0 Å². The second kappa shape index (κ2) is 5.99. The summed E-state index contributed by atoms with van der Waals surface area (Å²) in [6, 6.07) is 4.74. The van der Waals surface area contributed by atoms with Gasteiger partial charge in [0, 0.05) is 24.7 Å². The van der Waals surface area contributed by atoms with Gasteiger partial charge in [-0.1, -0.05) is 19.3 Å². The largest absolute Gasteiger partial charge is 0.309 e. The van der Waals surface area contributed by atoms with E-state index in [-0.39, 0.29) is 0 Å². The number of fused-ring (bicyclic) bond motifs is 1. The monoisotopic (exact) mass is 298 g/mol. The minimum Gasteiger partial charge on any atom is -0.309 e. The van der Waals surface area contributed by atoms with Crippen LogP contribution in [0.25, 0.3) is 11.2 Å². The SMILES string of the molecule is CN1CCCC(c2nc3cccnc3n2C2CCCCC2)C1. The fourth-order valence-corrected chi connectivity index (χ4v) is 4.31. The summed E-state index contributed by atoms with van der Waals surface area (Å²) in [5.74, 6) is 1.86. The second-order valence-corrected chi connectivity index (χ2v) is 7.08. The lowest BCUT2D eigenvalue weighted by molar-refractivity contribution is 0.237. The van der Waals surface area contributed by atoms with E-state index in [1.807, 2.05) is 12.3 Å². The lowest BCUT2D eigenvalue weighted by Crippen LogP contribution is -2.32. The Hall–Kier alpha value is -1.42. The third-order valence-corrected chi connectivity index (χ3v) is 5.41. The van der Waals surface area contributed by atoms with Crippen molar-refractivity contribution < 1.29 is 0 Å². The Bertz CT molecular complexity index is 642. The number of pyridine rings is 1. The number of aromatic nitrogens is 3. The van der Waals surface area contributed by atoms with Crippen LogP contribution in [-0.2, 0) is 0 Å². The van der Waals surface area contributed by atoms with Crippen LogP contribution in [0.3, 0.4) is 0 Å². The summed E-state index contributed by atoms with van der Waals surface area (Å²) in [6.45, 7) is 2.36. The van der Waals surface area contributed by atoms with Crippen molar-refractivity contribution in [1.82, 2.24) is 19.4 Å². The zero-order chi connectivity index (χ0) is 14.9. The average molecular weight is 298 g/mol. The highest BCUT2D eigenvalue weighted by Gasteiger charge is 2.28. The first-order valence-electron chi connectivity index (χ1n) is 8.84. The molecule has 2 aromatic heterocycles. The molecule has 1 saturated heterocycles. The minimum absolute atomic E-state index is 0.565. The van der Waals surface area contributed by atoms with Crippen LogP contribution in [0.1, 0.15) is 62.7 Å². The Morgan fingerprint density at radius 2 is 1.95 bits per heavy atom. The molecule has 0 N–H and O–H groups in total. The molecule has 0 aromatic carbocycles. The van der Waals surface area contributed by atoms with Crippen molar-refractivity contribution in [3.8, 4) is 0 Å². The molecule has 118 valence electrons. The molecule has 0 spiro atoms. The highest BCUT2D eigenvalue weighted by atomic mass is 15.2. The Morgan fingerprint density at radius 3 is 2.77 bits per heavy atom. The van der Waals surface area contributed by atoms with Crippen molar-refractivity contribution in [2.45, 2.75) is 56.9 Å². The number of piperidine rings is 1. The van der Waals surface area contributed by atoms with Gasteiger partial charge in [-0.2, -0.15) is 0 Å². The van der Waals surface area contributed by atoms with Crippen LogP contribution in [0.15, 0.2) is 18.3 Å². The van der Waals surface area contributed by atoms with Gasteiger partial charge < -0.3 is 9.47 Å². The van der Waals surface area contributed by atoms with Gasteiger partial charge in [0.15, 0.2) is 5.65 Å². The van der Waals surface area contributed by atoms with Crippen molar-refractivity contribution in [3.05, 3.63) is 24.2 Å². The Balaban J connectivity index is 1.78.